The Morgan fingerprint density at radius 2 is 2.00 bits per heavy atom. The fraction of sp³-hybridized carbons (Fsp3) is 0.400. The highest BCUT2D eigenvalue weighted by Crippen LogP contribution is 2.30. The molecular weight excluding hydrogens is 390 g/mol. The molecule has 0 fully saturated rings. The molecule has 2 rings (SSSR count). The number of nitrogen functional groups attached to an aromatic ring is 1. The third-order valence-electron chi connectivity index (χ3n) is 4.14. The molecule has 9 heteroatoms. The molecular formula is C20H23F4N3O2. The molecule has 0 aliphatic heterocycles. The van der Waals surface area contributed by atoms with E-state index >= 15 is 0 Å². The Balaban J connectivity index is 1.98. The van der Waals surface area contributed by atoms with Crippen molar-refractivity contribution >= 4 is 11.6 Å². The highest BCUT2D eigenvalue weighted by molar-refractivity contribution is 5.76. The van der Waals surface area contributed by atoms with E-state index in [0.717, 1.165) is 12.5 Å². The molecule has 0 radical (unpaired) electrons. The van der Waals surface area contributed by atoms with Crippen molar-refractivity contribution in [2.75, 3.05) is 12.3 Å². The van der Waals surface area contributed by atoms with Crippen LogP contribution in [0.15, 0.2) is 30.3 Å². The zero-order valence-corrected chi connectivity index (χ0v) is 16.0. The summed E-state index contributed by atoms with van der Waals surface area (Å²) in [6.45, 7) is 2.29. The first-order valence-corrected chi connectivity index (χ1v) is 9.21. The number of anilines is 1. The molecule has 1 amide bonds. The summed E-state index contributed by atoms with van der Waals surface area (Å²) < 4.78 is 57.5. The van der Waals surface area contributed by atoms with Crippen molar-refractivity contribution in [3.8, 4) is 5.88 Å². The molecule has 29 heavy (non-hydrogen) atoms. The van der Waals surface area contributed by atoms with Crippen LogP contribution in [0.3, 0.4) is 0 Å². The summed E-state index contributed by atoms with van der Waals surface area (Å²) >= 11 is 0. The number of ether oxygens (including phenoxy) is 1. The minimum absolute atomic E-state index is 0.0190. The van der Waals surface area contributed by atoms with Crippen LogP contribution in [0.5, 0.6) is 5.88 Å². The van der Waals surface area contributed by atoms with E-state index in [1.54, 1.807) is 6.07 Å². The molecule has 0 aliphatic rings. The van der Waals surface area contributed by atoms with Crippen molar-refractivity contribution in [1.29, 1.82) is 0 Å². The van der Waals surface area contributed by atoms with Gasteiger partial charge in [0.1, 0.15) is 11.5 Å². The number of hydrogen-bond donors (Lipinski definition) is 2. The number of carbonyl (C=O) groups is 1. The summed E-state index contributed by atoms with van der Waals surface area (Å²) in [4.78, 5) is 15.6. The van der Waals surface area contributed by atoms with Gasteiger partial charge in [-0.15, -0.1) is 0 Å². The lowest BCUT2D eigenvalue weighted by Gasteiger charge is -2.13. The van der Waals surface area contributed by atoms with Gasteiger partial charge in [-0.25, -0.2) is 9.37 Å². The van der Waals surface area contributed by atoms with Gasteiger partial charge in [-0.3, -0.25) is 4.79 Å². The number of benzene rings is 1. The van der Waals surface area contributed by atoms with Crippen LogP contribution in [0.2, 0.25) is 0 Å². The molecule has 158 valence electrons. The Hall–Kier alpha value is -2.84. The predicted octanol–water partition coefficient (Wildman–Crippen LogP) is 4.25. The maximum Gasteiger partial charge on any atom is 0.433 e. The van der Waals surface area contributed by atoms with Crippen LogP contribution < -0.4 is 15.8 Å². The van der Waals surface area contributed by atoms with Gasteiger partial charge < -0.3 is 15.8 Å². The summed E-state index contributed by atoms with van der Waals surface area (Å²) in [6.07, 6.45) is -2.89. The fourth-order valence-electron chi connectivity index (χ4n) is 2.47. The van der Waals surface area contributed by atoms with Crippen molar-refractivity contribution in [1.82, 2.24) is 10.3 Å². The Labute approximate surface area is 166 Å². The number of unbranched alkanes of at least 4 members (excludes halogenated alkanes) is 1. The third-order valence-corrected chi connectivity index (χ3v) is 4.14. The first-order chi connectivity index (χ1) is 13.7. The zero-order chi connectivity index (χ0) is 21.4. The monoisotopic (exact) mass is 413 g/mol. The van der Waals surface area contributed by atoms with E-state index in [0.29, 0.717) is 17.5 Å². The van der Waals surface area contributed by atoms with Gasteiger partial charge in [-0.1, -0.05) is 25.5 Å². The maximum absolute atomic E-state index is 13.4. The zero-order valence-electron chi connectivity index (χ0n) is 16.0. The van der Waals surface area contributed by atoms with Crippen LogP contribution in [-0.2, 0) is 23.9 Å². The van der Waals surface area contributed by atoms with Crippen molar-refractivity contribution < 1.29 is 27.1 Å². The molecule has 0 unspecified atom stereocenters. The van der Waals surface area contributed by atoms with E-state index in [1.807, 2.05) is 6.92 Å². The van der Waals surface area contributed by atoms with Crippen LogP contribution >= 0.6 is 0 Å². The Kier molecular flexibility index (Phi) is 7.81. The first kappa shape index (κ1) is 22.4. The average Bonchev–Trinajstić information content (AvgIpc) is 2.67. The second kappa shape index (κ2) is 10.1. The molecule has 1 heterocycles. The number of alkyl halides is 3. The van der Waals surface area contributed by atoms with Crippen LogP contribution in [0.25, 0.3) is 0 Å². The number of halogens is 4. The van der Waals surface area contributed by atoms with Gasteiger partial charge in [0.25, 0.3) is 0 Å². The molecule has 0 atom stereocenters. The quantitative estimate of drug-likeness (QED) is 0.366. The molecule has 2 aromatic rings. The number of aryl methyl sites for hydroxylation is 1. The van der Waals surface area contributed by atoms with Crippen LogP contribution in [0, 0.1) is 5.82 Å². The number of hydrogen-bond acceptors (Lipinski definition) is 4. The Morgan fingerprint density at radius 3 is 2.66 bits per heavy atom. The van der Waals surface area contributed by atoms with Crippen LogP contribution in [0.1, 0.15) is 43.0 Å². The average molecular weight is 413 g/mol. The number of rotatable bonds is 9. The van der Waals surface area contributed by atoms with Gasteiger partial charge >= 0.3 is 6.18 Å². The lowest BCUT2D eigenvalue weighted by Crippen LogP contribution is -2.23. The van der Waals surface area contributed by atoms with Crippen molar-refractivity contribution in [2.24, 2.45) is 0 Å². The molecule has 0 spiro atoms. The smallest absolute Gasteiger partial charge is 0.433 e. The lowest BCUT2D eigenvalue weighted by molar-refractivity contribution is -0.141. The highest BCUT2D eigenvalue weighted by Gasteiger charge is 2.33. The third kappa shape index (κ3) is 6.92. The fourth-order valence-corrected chi connectivity index (χ4v) is 2.47. The summed E-state index contributed by atoms with van der Waals surface area (Å²) in [7, 11) is 0. The van der Waals surface area contributed by atoms with Gasteiger partial charge in [-0.2, -0.15) is 13.2 Å². The number of aromatic nitrogens is 1. The number of pyridine rings is 1. The van der Waals surface area contributed by atoms with E-state index in [9.17, 15) is 22.4 Å². The standard InChI is InChI=1S/C20H23F4N3O2/c1-2-3-10-29-19-14(5-8-17(27-19)20(22,23)24)6-9-18(28)26-12-13-4-7-16(25)15(21)11-13/h4-5,7-8,11H,2-3,6,9-10,12,25H2,1H3,(H,26,28). The molecule has 1 aromatic carbocycles. The van der Waals surface area contributed by atoms with Gasteiger partial charge in [-0.05, 0) is 36.6 Å². The molecule has 5 nitrogen and oxygen atoms in total. The second-order valence-corrected chi connectivity index (χ2v) is 6.49. The number of nitrogens with two attached hydrogens (primary N) is 1. The topological polar surface area (TPSA) is 77.2 Å². The summed E-state index contributed by atoms with van der Waals surface area (Å²) in [5.74, 6) is -1.01. The Bertz CT molecular complexity index is 841. The molecule has 0 saturated carbocycles. The van der Waals surface area contributed by atoms with Crippen LogP contribution in [-0.4, -0.2) is 17.5 Å². The lowest BCUT2D eigenvalue weighted by atomic mass is 10.1. The summed E-state index contributed by atoms with van der Waals surface area (Å²) in [6, 6.07) is 6.38. The van der Waals surface area contributed by atoms with Gasteiger partial charge in [0, 0.05) is 18.5 Å². The van der Waals surface area contributed by atoms with E-state index < -0.39 is 17.7 Å². The summed E-state index contributed by atoms with van der Waals surface area (Å²) in [5, 5.41) is 2.64. The van der Waals surface area contributed by atoms with Crippen molar-refractivity contribution in [3.63, 3.8) is 0 Å². The largest absolute Gasteiger partial charge is 0.477 e. The van der Waals surface area contributed by atoms with E-state index in [2.05, 4.69) is 10.3 Å². The maximum atomic E-state index is 13.4. The van der Waals surface area contributed by atoms with Crippen molar-refractivity contribution in [2.45, 2.75) is 45.3 Å². The minimum Gasteiger partial charge on any atom is -0.477 e. The SMILES string of the molecule is CCCCOc1nc(C(F)(F)F)ccc1CCC(=O)NCc1ccc(N)c(F)c1. The minimum atomic E-state index is -4.58. The van der Waals surface area contributed by atoms with Gasteiger partial charge in [0.2, 0.25) is 11.8 Å². The molecule has 1 aromatic heterocycles. The number of carbonyl (C=O) groups excluding carboxylic acids is 1. The van der Waals surface area contributed by atoms with E-state index in [1.165, 1.54) is 18.2 Å². The second-order valence-electron chi connectivity index (χ2n) is 6.49. The normalized spacial score (nSPS) is 11.3. The Morgan fingerprint density at radius 1 is 1.24 bits per heavy atom. The predicted molar refractivity (Wildman–Crippen MR) is 101 cm³/mol. The summed E-state index contributed by atoms with van der Waals surface area (Å²) in [5.41, 5.74) is 5.35. The molecule has 3 N–H and O–H groups in total. The number of nitrogens with one attached hydrogen (secondary N) is 1. The van der Waals surface area contributed by atoms with Crippen molar-refractivity contribution in [3.05, 3.63) is 53.0 Å². The number of amides is 1. The van der Waals surface area contributed by atoms with E-state index in [-0.39, 0.29) is 43.5 Å². The first-order valence-electron chi connectivity index (χ1n) is 9.21. The molecule has 0 saturated heterocycles. The number of nitrogens with zero attached hydrogens (tertiary/aromatic N) is 1. The molecule has 0 aliphatic carbocycles. The van der Waals surface area contributed by atoms with Crippen LogP contribution in [0.4, 0.5) is 23.2 Å². The van der Waals surface area contributed by atoms with E-state index in [4.69, 9.17) is 10.5 Å². The van der Waals surface area contributed by atoms with Gasteiger partial charge in [0.15, 0.2) is 0 Å². The van der Waals surface area contributed by atoms with Gasteiger partial charge in [0.05, 0.1) is 12.3 Å². The highest BCUT2D eigenvalue weighted by atomic mass is 19.4. The molecule has 0 bridgehead atoms.